The number of fused-ring (bicyclic) bond motifs is 1. The lowest BCUT2D eigenvalue weighted by Crippen LogP contribution is -2.22. The first-order chi connectivity index (χ1) is 16.0. The van der Waals surface area contributed by atoms with Gasteiger partial charge in [-0.25, -0.2) is 4.98 Å². The molecule has 33 heavy (non-hydrogen) atoms. The Kier molecular flexibility index (Phi) is 6.63. The first-order valence-electron chi connectivity index (χ1n) is 11.1. The van der Waals surface area contributed by atoms with E-state index in [-0.39, 0.29) is 5.91 Å². The fourth-order valence-electron chi connectivity index (χ4n) is 3.99. The number of hydrogen-bond acceptors (Lipinski definition) is 6. The molecule has 3 N–H and O–H groups in total. The number of nitrogen functional groups attached to an aromatic ring is 1. The van der Waals surface area contributed by atoms with Gasteiger partial charge in [-0.3, -0.25) is 4.79 Å². The largest absolute Gasteiger partial charge is 0.494 e. The van der Waals surface area contributed by atoms with Crippen molar-refractivity contribution in [1.29, 1.82) is 0 Å². The molecule has 0 atom stereocenters. The van der Waals surface area contributed by atoms with Gasteiger partial charge in [0.05, 0.1) is 29.8 Å². The van der Waals surface area contributed by atoms with Crippen LogP contribution in [0.25, 0.3) is 22.2 Å². The Labute approximate surface area is 192 Å². The summed E-state index contributed by atoms with van der Waals surface area (Å²) in [6.45, 7) is 7.49. The van der Waals surface area contributed by atoms with E-state index in [2.05, 4.69) is 32.2 Å². The van der Waals surface area contributed by atoms with Crippen molar-refractivity contribution in [3.8, 4) is 16.9 Å². The molecule has 172 valence electrons. The molecule has 4 rings (SSSR count). The molecule has 0 spiro atoms. The summed E-state index contributed by atoms with van der Waals surface area (Å²) in [5.41, 5.74) is 12.5. The van der Waals surface area contributed by atoms with Crippen molar-refractivity contribution < 1.29 is 14.1 Å². The molecule has 0 radical (unpaired) electrons. The van der Waals surface area contributed by atoms with E-state index in [0.717, 1.165) is 44.9 Å². The molecule has 0 bridgehead atoms. The van der Waals surface area contributed by atoms with Crippen LogP contribution in [0.3, 0.4) is 0 Å². The number of amides is 1. The number of aromatic nitrogens is 3. The number of carbonyl (C=O) groups is 1. The van der Waals surface area contributed by atoms with E-state index in [9.17, 15) is 4.79 Å². The molecule has 8 nitrogen and oxygen atoms in total. The van der Waals surface area contributed by atoms with Gasteiger partial charge in [0.1, 0.15) is 17.0 Å². The second-order valence-electron chi connectivity index (χ2n) is 8.06. The number of imidazole rings is 1. The minimum atomic E-state index is 0.0528. The summed E-state index contributed by atoms with van der Waals surface area (Å²) >= 11 is 0. The van der Waals surface area contributed by atoms with Crippen LogP contribution in [0.2, 0.25) is 0 Å². The number of rotatable bonds is 9. The highest BCUT2D eigenvalue weighted by molar-refractivity contribution is 5.92. The van der Waals surface area contributed by atoms with Gasteiger partial charge in [0.2, 0.25) is 5.91 Å². The van der Waals surface area contributed by atoms with Gasteiger partial charge in [-0.2, -0.15) is 0 Å². The second kappa shape index (κ2) is 9.77. The van der Waals surface area contributed by atoms with E-state index in [1.54, 1.807) is 6.33 Å². The highest BCUT2D eigenvalue weighted by Gasteiger charge is 2.16. The fourth-order valence-corrected chi connectivity index (χ4v) is 3.99. The molecule has 2 aromatic heterocycles. The quantitative estimate of drug-likeness (QED) is 0.294. The number of nitrogens with zero attached hydrogens (tertiary/aromatic N) is 3. The van der Waals surface area contributed by atoms with Crippen LogP contribution in [0.15, 0.2) is 47.2 Å². The number of ether oxygens (including phenoxy) is 1. The Hall–Kier alpha value is -3.81. The van der Waals surface area contributed by atoms with Crippen molar-refractivity contribution in [1.82, 2.24) is 20.0 Å². The zero-order valence-corrected chi connectivity index (χ0v) is 19.2. The lowest BCUT2D eigenvalue weighted by molar-refractivity contribution is -0.121. The minimum absolute atomic E-state index is 0.0528. The van der Waals surface area contributed by atoms with E-state index >= 15 is 0 Å². The first kappa shape index (κ1) is 22.4. The van der Waals surface area contributed by atoms with E-state index in [1.807, 2.05) is 45.0 Å². The van der Waals surface area contributed by atoms with E-state index in [1.165, 1.54) is 0 Å². The summed E-state index contributed by atoms with van der Waals surface area (Å²) in [7, 11) is 0. The molecular weight excluding hydrogens is 418 g/mol. The highest BCUT2D eigenvalue weighted by atomic mass is 16.5. The molecule has 0 saturated carbocycles. The normalized spacial score (nSPS) is 11.1. The maximum atomic E-state index is 11.6. The maximum absolute atomic E-state index is 11.6. The van der Waals surface area contributed by atoms with Crippen LogP contribution in [-0.4, -0.2) is 33.8 Å². The predicted molar refractivity (Wildman–Crippen MR) is 128 cm³/mol. The second-order valence-corrected chi connectivity index (χ2v) is 8.06. The van der Waals surface area contributed by atoms with Crippen LogP contribution in [0.1, 0.15) is 36.8 Å². The topological polar surface area (TPSA) is 108 Å². The standard InChI is InChI=1S/C25H29N5O3/c1-4-27-23(31)9-6-10-32-20-8-5-7-18(11-20)14-30-15-28-25-21(26)12-19(13-22(25)30)24-16(2)29-33-17(24)3/h5,7-8,11-13,15H,4,6,9-10,14,26H2,1-3H3,(H,27,31). The van der Waals surface area contributed by atoms with Crippen LogP contribution < -0.4 is 15.8 Å². The summed E-state index contributed by atoms with van der Waals surface area (Å²) in [6, 6.07) is 12.0. The van der Waals surface area contributed by atoms with Gasteiger partial charge in [-0.05, 0) is 62.6 Å². The number of anilines is 1. The predicted octanol–water partition coefficient (Wildman–Crippen LogP) is 4.23. The molecular formula is C25H29N5O3. The fraction of sp³-hybridized carbons (Fsp3) is 0.320. The van der Waals surface area contributed by atoms with E-state index < -0.39 is 0 Å². The number of nitrogens with one attached hydrogen (secondary N) is 1. The summed E-state index contributed by atoms with van der Waals surface area (Å²) in [5, 5.41) is 6.86. The smallest absolute Gasteiger partial charge is 0.220 e. The van der Waals surface area contributed by atoms with Crippen LogP contribution in [0.5, 0.6) is 5.75 Å². The highest BCUT2D eigenvalue weighted by Crippen LogP contribution is 2.33. The lowest BCUT2D eigenvalue weighted by atomic mass is 10.0. The van der Waals surface area contributed by atoms with Gasteiger partial charge < -0.3 is 24.9 Å². The van der Waals surface area contributed by atoms with Gasteiger partial charge >= 0.3 is 0 Å². The van der Waals surface area contributed by atoms with Crippen molar-refractivity contribution in [3.63, 3.8) is 0 Å². The number of carbonyl (C=O) groups excluding carboxylic acids is 1. The molecule has 0 fully saturated rings. The zero-order chi connectivity index (χ0) is 23.4. The Bertz CT molecular complexity index is 1260. The van der Waals surface area contributed by atoms with Gasteiger partial charge in [0.25, 0.3) is 0 Å². The Morgan fingerprint density at radius 1 is 1.24 bits per heavy atom. The van der Waals surface area contributed by atoms with Crippen LogP contribution in [0.4, 0.5) is 5.69 Å². The number of benzene rings is 2. The molecule has 0 saturated heterocycles. The monoisotopic (exact) mass is 447 g/mol. The third kappa shape index (κ3) is 5.00. The number of nitrogens with two attached hydrogens (primary N) is 1. The van der Waals surface area contributed by atoms with Gasteiger partial charge in [-0.1, -0.05) is 17.3 Å². The van der Waals surface area contributed by atoms with Gasteiger partial charge in [-0.15, -0.1) is 0 Å². The summed E-state index contributed by atoms with van der Waals surface area (Å²) in [5.74, 6) is 1.59. The molecule has 8 heteroatoms. The minimum Gasteiger partial charge on any atom is -0.494 e. The molecule has 2 heterocycles. The van der Waals surface area contributed by atoms with Gasteiger partial charge in [0, 0.05) is 25.1 Å². The summed E-state index contributed by atoms with van der Waals surface area (Å²) in [4.78, 5) is 16.1. The summed E-state index contributed by atoms with van der Waals surface area (Å²) < 4.78 is 13.3. The van der Waals surface area contributed by atoms with Crippen LogP contribution in [0, 0.1) is 13.8 Å². The van der Waals surface area contributed by atoms with Crippen LogP contribution in [-0.2, 0) is 11.3 Å². The van der Waals surface area contributed by atoms with Crippen molar-refractivity contribution in [3.05, 3.63) is 59.7 Å². The SMILES string of the molecule is CCNC(=O)CCCOc1cccc(Cn2cnc3c(N)cc(-c4c(C)noc4C)cc32)c1. The van der Waals surface area contributed by atoms with Crippen molar-refractivity contribution >= 4 is 22.6 Å². The molecule has 0 unspecified atom stereocenters. The van der Waals surface area contributed by atoms with E-state index in [0.29, 0.717) is 38.2 Å². The van der Waals surface area contributed by atoms with E-state index in [4.69, 9.17) is 15.0 Å². The maximum Gasteiger partial charge on any atom is 0.220 e. The van der Waals surface area contributed by atoms with Crippen LogP contribution >= 0.6 is 0 Å². The average molecular weight is 448 g/mol. The Balaban J connectivity index is 1.51. The molecule has 2 aromatic carbocycles. The Morgan fingerprint density at radius 2 is 2.09 bits per heavy atom. The lowest BCUT2D eigenvalue weighted by Gasteiger charge is -2.10. The first-order valence-corrected chi connectivity index (χ1v) is 11.1. The average Bonchev–Trinajstić information content (AvgIpc) is 3.34. The molecule has 1 amide bonds. The summed E-state index contributed by atoms with van der Waals surface area (Å²) in [6.07, 6.45) is 2.94. The molecule has 0 aliphatic heterocycles. The van der Waals surface area contributed by atoms with Crippen molar-refractivity contribution in [2.45, 2.75) is 40.2 Å². The molecule has 0 aliphatic rings. The Morgan fingerprint density at radius 3 is 2.85 bits per heavy atom. The number of hydrogen-bond donors (Lipinski definition) is 2. The van der Waals surface area contributed by atoms with Crippen molar-refractivity contribution in [2.75, 3.05) is 18.9 Å². The molecule has 0 aliphatic carbocycles. The number of aryl methyl sites for hydroxylation is 2. The molecule has 4 aromatic rings. The third-order valence-corrected chi connectivity index (χ3v) is 5.52. The van der Waals surface area contributed by atoms with Gasteiger partial charge in [0.15, 0.2) is 0 Å². The zero-order valence-electron chi connectivity index (χ0n) is 19.2. The van der Waals surface area contributed by atoms with Crippen molar-refractivity contribution in [2.24, 2.45) is 0 Å². The third-order valence-electron chi connectivity index (χ3n) is 5.52.